The summed E-state index contributed by atoms with van der Waals surface area (Å²) in [5, 5.41) is 6.50. The molecule has 5 nitrogen and oxygen atoms in total. The molecule has 0 saturated heterocycles. The zero-order chi connectivity index (χ0) is 10.6. The second kappa shape index (κ2) is 4.76. The molecule has 1 unspecified atom stereocenters. The van der Waals surface area contributed by atoms with Crippen molar-refractivity contribution in [1.29, 1.82) is 0 Å². The summed E-state index contributed by atoms with van der Waals surface area (Å²) in [7, 11) is 1.74. The Hall–Kier alpha value is -1.36. The van der Waals surface area contributed by atoms with Gasteiger partial charge in [-0.3, -0.25) is 9.89 Å². The van der Waals surface area contributed by atoms with Gasteiger partial charge in [-0.1, -0.05) is 6.92 Å². The third-order valence-electron chi connectivity index (χ3n) is 2.11. The van der Waals surface area contributed by atoms with E-state index < -0.39 is 6.04 Å². The number of amides is 1. The lowest BCUT2D eigenvalue weighted by Gasteiger charge is -2.19. The van der Waals surface area contributed by atoms with Crippen LogP contribution in [-0.4, -0.2) is 34.1 Å². The summed E-state index contributed by atoms with van der Waals surface area (Å²) < 4.78 is 0. The van der Waals surface area contributed by atoms with Gasteiger partial charge in [0.15, 0.2) is 0 Å². The molecule has 1 atom stereocenters. The number of carbonyl (C=O) groups is 1. The van der Waals surface area contributed by atoms with Crippen molar-refractivity contribution in [2.45, 2.75) is 25.9 Å². The summed E-state index contributed by atoms with van der Waals surface area (Å²) in [5.74, 6) is -0.0336. The van der Waals surface area contributed by atoms with Crippen LogP contribution < -0.4 is 5.73 Å². The number of nitrogens with one attached hydrogen (secondary N) is 1. The predicted molar refractivity (Wildman–Crippen MR) is 53.3 cm³/mol. The van der Waals surface area contributed by atoms with E-state index in [4.69, 9.17) is 5.73 Å². The molecular weight excluding hydrogens is 180 g/mol. The molecular formula is C9H16N4O. The number of likely N-dealkylation sites (N-methyl/N-ethyl adjacent to an activating group) is 1. The highest BCUT2D eigenvalue weighted by atomic mass is 16.2. The molecule has 0 saturated carbocycles. The van der Waals surface area contributed by atoms with E-state index in [0.29, 0.717) is 13.0 Å². The first-order valence-electron chi connectivity index (χ1n) is 4.63. The van der Waals surface area contributed by atoms with Crippen LogP contribution in [0.5, 0.6) is 0 Å². The highest BCUT2D eigenvalue weighted by Crippen LogP contribution is 2.02. The number of aromatic nitrogens is 2. The van der Waals surface area contributed by atoms with Gasteiger partial charge in [-0.25, -0.2) is 0 Å². The van der Waals surface area contributed by atoms with Gasteiger partial charge in [-0.2, -0.15) is 5.10 Å². The van der Waals surface area contributed by atoms with Crippen molar-refractivity contribution in [3.05, 3.63) is 18.0 Å². The van der Waals surface area contributed by atoms with Crippen molar-refractivity contribution in [1.82, 2.24) is 15.1 Å². The minimum atomic E-state index is -0.396. The molecule has 0 radical (unpaired) electrons. The molecule has 0 aliphatic carbocycles. The lowest BCUT2D eigenvalue weighted by molar-refractivity contribution is -0.131. The minimum absolute atomic E-state index is 0.0336. The van der Waals surface area contributed by atoms with Crippen LogP contribution in [0.4, 0.5) is 0 Å². The number of rotatable bonds is 4. The van der Waals surface area contributed by atoms with E-state index in [9.17, 15) is 4.79 Å². The summed E-state index contributed by atoms with van der Waals surface area (Å²) in [5.41, 5.74) is 6.61. The van der Waals surface area contributed by atoms with Gasteiger partial charge >= 0.3 is 0 Å². The number of hydrogen-bond donors (Lipinski definition) is 2. The zero-order valence-electron chi connectivity index (χ0n) is 8.53. The topological polar surface area (TPSA) is 75.0 Å². The van der Waals surface area contributed by atoms with E-state index in [1.165, 1.54) is 0 Å². The Bertz CT molecular complexity index is 283. The summed E-state index contributed by atoms with van der Waals surface area (Å²) in [6.45, 7) is 2.44. The van der Waals surface area contributed by atoms with E-state index in [-0.39, 0.29) is 5.91 Å². The van der Waals surface area contributed by atoms with Gasteiger partial charge in [0.25, 0.3) is 0 Å². The fourth-order valence-corrected chi connectivity index (χ4v) is 1.17. The average Bonchev–Trinajstić information content (AvgIpc) is 2.68. The third-order valence-corrected chi connectivity index (χ3v) is 2.11. The summed E-state index contributed by atoms with van der Waals surface area (Å²) >= 11 is 0. The van der Waals surface area contributed by atoms with Crippen LogP contribution in [0.2, 0.25) is 0 Å². The molecule has 0 fully saturated rings. The Morgan fingerprint density at radius 2 is 2.50 bits per heavy atom. The van der Waals surface area contributed by atoms with E-state index in [1.54, 1.807) is 24.3 Å². The third kappa shape index (κ3) is 2.56. The molecule has 5 heteroatoms. The van der Waals surface area contributed by atoms with Gasteiger partial charge in [0.2, 0.25) is 5.91 Å². The highest BCUT2D eigenvalue weighted by molar-refractivity contribution is 5.81. The molecule has 0 spiro atoms. The van der Waals surface area contributed by atoms with Crippen LogP contribution >= 0.6 is 0 Å². The van der Waals surface area contributed by atoms with Crippen molar-refractivity contribution in [2.75, 3.05) is 7.05 Å². The molecule has 1 amide bonds. The summed E-state index contributed by atoms with van der Waals surface area (Å²) in [6.07, 6.45) is 4.12. The van der Waals surface area contributed by atoms with Gasteiger partial charge in [0.1, 0.15) is 0 Å². The maximum Gasteiger partial charge on any atom is 0.239 e. The minimum Gasteiger partial charge on any atom is -0.340 e. The molecule has 1 aromatic rings. The summed E-state index contributed by atoms with van der Waals surface area (Å²) in [6, 6.07) is -0.396. The number of aromatic amines is 1. The predicted octanol–water partition coefficient (Wildman–Crippen LogP) is 0.105. The molecule has 14 heavy (non-hydrogen) atoms. The highest BCUT2D eigenvalue weighted by Gasteiger charge is 2.16. The van der Waals surface area contributed by atoms with E-state index in [2.05, 4.69) is 10.2 Å². The maximum absolute atomic E-state index is 11.6. The smallest absolute Gasteiger partial charge is 0.239 e. The molecule has 3 N–H and O–H groups in total. The van der Waals surface area contributed by atoms with E-state index in [1.807, 2.05) is 6.92 Å². The van der Waals surface area contributed by atoms with Crippen LogP contribution in [-0.2, 0) is 11.3 Å². The van der Waals surface area contributed by atoms with E-state index >= 15 is 0 Å². The van der Waals surface area contributed by atoms with Crippen LogP contribution in [0.15, 0.2) is 12.4 Å². The van der Waals surface area contributed by atoms with Gasteiger partial charge in [-0.15, -0.1) is 0 Å². The first-order valence-corrected chi connectivity index (χ1v) is 4.63. The second-order valence-corrected chi connectivity index (χ2v) is 3.32. The van der Waals surface area contributed by atoms with Crippen molar-refractivity contribution >= 4 is 5.91 Å². The van der Waals surface area contributed by atoms with E-state index in [0.717, 1.165) is 5.56 Å². The monoisotopic (exact) mass is 196 g/mol. The number of H-pyrrole nitrogens is 1. The lowest BCUT2D eigenvalue weighted by Crippen LogP contribution is -2.40. The SMILES string of the molecule is CCC(N)C(=O)N(C)Cc1cn[nH]c1. The standard InChI is InChI=1S/C9H16N4O/c1-3-8(10)9(14)13(2)6-7-4-11-12-5-7/h4-5,8H,3,6,10H2,1-2H3,(H,11,12). The average molecular weight is 196 g/mol. The Morgan fingerprint density at radius 1 is 1.79 bits per heavy atom. The van der Waals surface area contributed by atoms with Crippen LogP contribution in [0.25, 0.3) is 0 Å². The Balaban J connectivity index is 2.50. The summed E-state index contributed by atoms with van der Waals surface area (Å²) in [4.78, 5) is 13.2. The molecule has 78 valence electrons. The quantitative estimate of drug-likeness (QED) is 0.717. The molecule has 0 aliphatic heterocycles. The van der Waals surface area contributed by atoms with Gasteiger partial charge < -0.3 is 10.6 Å². The first-order chi connectivity index (χ1) is 6.65. The zero-order valence-corrected chi connectivity index (χ0v) is 8.53. The first kappa shape index (κ1) is 10.7. The number of nitrogens with two attached hydrogens (primary N) is 1. The van der Waals surface area contributed by atoms with Crippen molar-refractivity contribution in [2.24, 2.45) is 5.73 Å². The largest absolute Gasteiger partial charge is 0.340 e. The van der Waals surface area contributed by atoms with Gasteiger partial charge in [0, 0.05) is 25.4 Å². The fraction of sp³-hybridized carbons (Fsp3) is 0.556. The molecule has 1 rings (SSSR count). The normalized spacial score (nSPS) is 12.5. The van der Waals surface area contributed by atoms with Crippen LogP contribution in [0.3, 0.4) is 0 Å². The molecule has 1 aromatic heterocycles. The van der Waals surface area contributed by atoms with Crippen molar-refractivity contribution in [3.8, 4) is 0 Å². The van der Waals surface area contributed by atoms with Gasteiger partial charge in [0.05, 0.1) is 12.2 Å². The fourth-order valence-electron chi connectivity index (χ4n) is 1.17. The Kier molecular flexibility index (Phi) is 3.64. The van der Waals surface area contributed by atoms with Crippen LogP contribution in [0, 0.1) is 0 Å². The molecule has 0 aliphatic rings. The second-order valence-electron chi connectivity index (χ2n) is 3.32. The number of carbonyl (C=O) groups excluding carboxylic acids is 1. The number of nitrogens with zero attached hydrogens (tertiary/aromatic N) is 2. The number of hydrogen-bond acceptors (Lipinski definition) is 3. The molecule has 0 aromatic carbocycles. The van der Waals surface area contributed by atoms with Crippen molar-refractivity contribution < 1.29 is 4.79 Å². The maximum atomic E-state index is 11.6. The lowest BCUT2D eigenvalue weighted by atomic mass is 10.2. The Morgan fingerprint density at radius 3 is 3.00 bits per heavy atom. The van der Waals surface area contributed by atoms with Gasteiger partial charge in [-0.05, 0) is 6.42 Å². The van der Waals surface area contributed by atoms with Crippen molar-refractivity contribution in [3.63, 3.8) is 0 Å². The Labute approximate surface area is 83.3 Å². The molecule has 1 heterocycles. The molecule has 0 bridgehead atoms. The van der Waals surface area contributed by atoms with Crippen LogP contribution in [0.1, 0.15) is 18.9 Å².